The van der Waals surface area contributed by atoms with Gasteiger partial charge in [-0.3, -0.25) is 10.1 Å². The van der Waals surface area contributed by atoms with Gasteiger partial charge >= 0.3 is 0 Å². The predicted molar refractivity (Wildman–Crippen MR) is 120 cm³/mol. The molecule has 1 saturated heterocycles. The Morgan fingerprint density at radius 2 is 1.71 bits per heavy atom. The van der Waals surface area contributed by atoms with Gasteiger partial charge in [-0.25, -0.2) is 0 Å². The Morgan fingerprint density at radius 1 is 1.04 bits per heavy atom. The average molecular weight is 397 g/mol. The number of rotatable bonds is 4. The second-order valence-corrected chi connectivity index (χ2v) is 7.60. The zero-order valence-electron chi connectivity index (χ0n) is 16.8. The molecule has 1 aliphatic heterocycles. The van der Waals surface area contributed by atoms with E-state index < -0.39 is 0 Å². The molecule has 2 N–H and O–H groups in total. The molecule has 1 aliphatic rings. The van der Waals surface area contributed by atoms with E-state index in [-0.39, 0.29) is 5.91 Å². The highest BCUT2D eigenvalue weighted by Gasteiger charge is 2.16. The Balaban J connectivity index is 1.55. The van der Waals surface area contributed by atoms with Crippen molar-refractivity contribution in [1.82, 2.24) is 10.2 Å². The van der Waals surface area contributed by atoms with E-state index in [1.54, 1.807) is 0 Å². The molecule has 1 heterocycles. The van der Waals surface area contributed by atoms with Crippen LogP contribution in [0.25, 0.3) is 0 Å². The van der Waals surface area contributed by atoms with Gasteiger partial charge in [0.15, 0.2) is 5.11 Å². The van der Waals surface area contributed by atoms with Gasteiger partial charge in [0.2, 0.25) is 0 Å². The lowest BCUT2D eigenvalue weighted by Gasteiger charge is -2.35. The maximum absolute atomic E-state index is 12.4. The zero-order valence-corrected chi connectivity index (χ0v) is 17.6. The molecule has 0 unspecified atom stereocenters. The lowest BCUT2D eigenvalue weighted by Crippen LogP contribution is -2.46. The maximum atomic E-state index is 12.4. The van der Waals surface area contributed by atoms with Crippen LogP contribution in [-0.2, 0) is 0 Å². The number of amides is 1. The molecule has 2 aromatic rings. The number of carbonyl (C=O) groups is 1. The SMILES string of the molecule is CCN1CCN(c2ccc(NC(=S)NC(=O)c3ccc(C)cc3C)cc2)CC1. The molecule has 3 rings (SSSR count). The normalized spacial score (nSPS) is 14.6. The van der Waals surface area contributed by atoms with Crippen LogP contribution in [0.4, 0.5) is 11.4 Å². The first kappa shape index (κ1) is 20.3. The van der Waals surface area contributed by atoms with E-state index in [4.69, 9.17) is 12.2 Å². The van der Waals surface area contributed by atoms with E-state index in [0.717, 1.165) is 49.5 Å². The van der Waals surface area contributed by atoms with Gasteiger partial charge in [0.25, 0.3) is 5.91 Å². The van der Waals surface area contributed by atoms with Crippen LogP contribution in [-0.4, -0.2) is 48.6 Å². The van der Waals surface area contributed by atoms with Gasteiger partial charge in [-0.05, 0) is 68.5 Å². The van der Waals surface area contributed by atoms with Gasteiger partial charge in [0.05, 0.1) is 0 Å². The van der Waals surface area contributed by atoms with Crippen molar-refractivity contribution < 1.29 is 4.79 Å². The molecule has 148 valence electrons. The molecule has 0 aliphatic carbocycles. The van der Waals surface area contributed by atoms with Gasteiger partial charge in [-0.2, -0.15) is 0 Å². The van der Waals surface area contributed by atoms with E-state index in [1.807, 2.05) is 44.2 Å². The van der Waals surface area contributed by atoms with Crippen molar-refractivity contribution in [3.8, 4) is 0 Å². The third kappa shape index (κ3) is 5.09. The van der Waals surface area contributed by atoms with Crippen molar-refractivity contribution in [2.75, 3.05) is 42.9 Å². The molecule has 0 atom stereocenters. The largest absolute Gasteiger partial charge is 0.369 e. The summed E-state index contributed by atoms with van der Waals surface area (Å²) in [5.74, 6) is -0.194. The summed E-state index contributed by atoms with van der Waals surface area (Å²) in [5, 5.41) is 6.15. The van der Waals surface area contributed by atoms with E-state index in [9.17, 15) is 4.79 Å². The molecule has 0 radical (unpaired) electrons. The minimum atomic E-state index is -0.194. The molecule has 0 aromatic heterocycles. The second kappa shape index (κ2) is 9.17. The first-order valence-corrected chi connectivity index (χ1v) is 10.1. The molecule has 0 saturated carbocycles. The second-order valence-electron chi connectivity index (χ2n) is 7.19. The summed E-state index contributed by atoms with van der Waals surface area (Å²) in [6.07, 6.45) is 0. The number of carbonyl (C=O) groups excluding carboxylic acids is 1. The van der Waals surface area contributed by atoms with E-state index in [0.29, 0.717) is 10.7 Å². The number of piperazine rings is 1. The highest BCUT2D eigenvalue weighted by molar-refractivity contribution is 7.80. The van der Waals surface area contributed by atoms with Crippen LogP contribution >= 0.6 is 12.2 Å². The van der Waals surface area contributed by atoms with Crippen molar-refractivity contribution in [2.45, 2.75) is 20.8 Å². The van der Waals surface area contributed by atoms with E-state index in [2.05, 4.69) is 39.5 Å². The summed E-state index contributed by atoms with van der Waals surface area (Å²) >= 11 is 5.31. The molecule has 5 nitrogen and oxygen atoms in total. The quantitative estimate of drug-likeness (QED) is 0.774. The Hall–Kier alpha value is -2.44. The number of hydrogen-bond donors (Lipinski definition) is 2. The molecular weight excluding hydrogens is 368 g/mol. The van der Waals surface area contributed by atoms with Crippen molar-refractivity contribution in [3.05, 3.63) is 59.2 Å². The Kier molecular flexibility index (Phi) is 6.65. The van der Waals surface area contributed by atoms with E-state index >= 15 is 0 Å². The lowest BCUT2D eigenvalue weighted by molar-refractivity contribution is 0.0977. The lowest BCUT2D eigenvalue weighted by atomic mass is 10.1. The van der Waals surface area contributed by atoms with Crippen LogP contribution in [0.15, 0.2) is 42.5 Å². The maximum Gasteiger partial charge on any atom is 0.257 e. The van der Waals surface area contributed by atoms with Gasteiger partial charge in [-0.15, -0.1) is 0 Å². The summed E-state index contributed by atoms with van der Waals surface area (Å²) in [6, 6.07) is 13.9. The molecule has 2 aromatic carbocycles. The minimum Gasteiger partial charge on any atom is -0.369 e. The van der Waals surface area contributed by atoms with Crippen LogP contribution in [0.1, 0.15) is 28.4 Å². The molecular formula is C22H28N4OS. The number of likely N-dealkylation sites (N-methyl/N-ethyl adjacent to an activating group) is 1. The third-order valence-corrected chi connectivity index (χ3v) is 5.37. The molecule has 0 bridgehead atoms. The highest BCUT2D eigenvalue weighted by atomic mass is 32.1. The number of nitrogens with zero attached hydrogens (tertiary/aromatic N) is 2. The van der Waals surface area contributed by atoms with Crippen molar-refractivity contribution in [2.24, 2.45) is 0 Å². The number of benzene rings is 2. The van der Waals surface area contributed by atoms with Gasteiger partial charge in [0, 0.05) is 43.1 Å². The first-order chi connectivity index (χ1) is 13.5. The zero-order chi connectivity index (χ0) is 20.1. The van der Waals surface area contributed by atoms with Crippen molar-refractivity contribution in [3.63, 3.8) is 0 Å². The Morgan fingerprint density at radius 3 is 2.32 bits per heavy atom. The summed E-state index contributed by atoms with van der Waals surface area (Å²) < 4.78 is 0. The van der Waals surface area contributed by atoms with E-state index in [1.165, 1.54) is 5.69 Å². The van der Waals surface area contributed by atoms with Crippen LogP contribution in [0.3, 0.4) is 0 Å². The van der Waals surface area contributed by atoms with Crippen LogP contribution in [0.5, 0.6) is 0 Å². The van der Waals surface area contributed by atoms with Gasteiger partial charge in [-0.1, -0.05) is 24.6 Å². The number of thiocarbonyl (C=S) groups is 1. The number of hydrogen-bond acceptors (Lipinski definition) is 4. The van der Waals surface area contributed by atoms with Crippen molar-refractivity contribution >= 4 is 34.6 Å². The first-order valence-electron chi connectivity index (χ1n) is 9.73. The van der Waals surface area contributed by atoms with Crippen LogP contribution in [0.2, 0.25) is 0 Å². The fourth-order valence-corrected chi connectivity index (χ4v) is 3.69. The summed E-state index contributed by atoms with van der Waals surface area (Å²) in [5.41, 5.74) is 4.78. The number of anilines is 2. The summed E-state index contributed by atoms with van der Waals surface area (Å²) in [7, 11) is 0. The van der Waals surface area contributed by atoms with Crippen molar-refractivity contribution in [1.29, 1.82) is 0 Å². The molecule has 1 amide bonds. The predicted octanol–water partition coefficient (Wildman–Crippen LogP) is 3.57. The van der Waals surface area contributed by atoms with Crippen LogP contribution < -0.4 is 15.5 Å². The molecule has 6 heteroatoms. The Bertz CT molecular complexity index is 842. The number of nitrogens with one attached hydrogen (secondary N) is 2. The van der Waals surface area contributed by atoms with Crippen LogP contribution in [0, 0.1) is 13.8 Å². The standard InChI is InChI=1S/C22H28N4OS/c1-4-25-11-13-26(14-12-25)19-8-6-18(7-9-19)23-22(28)24-21(27)20-10-5-16(2)15-17(20)3/h5-10,15H,4,11-14H2,1-3H3,(H2,23,24,27,28). The fourth-order valence-electron chi connectivity index (χ4n) is 3.48. The third-order valence-electron chi connectivity index (χ3n) is 5.16. The van der Waals surface area contributed by atoms with Gasteiger partial charge in [0.1, 0.15) is 0 Å². The summed E-state index contributed by atoms with van der Waals surface area (Å²) in [4.78, 5) is 17.3. The average Bonchev–Trinajstić information content (AvgIpc) is 2.68. The molecule has 28 heavy (non-hydrogen) atoms. The minimum absolute atomic E-state index is 0.194. The summed E-state index contributed by atoms with van der Waals surface area (Å²) in [6.45, 7) is 11.6. The molecule has 1 fully saturated rings. The molecule has 0 spiro atoms. The smallest absolute Gasteiger partial charge is 0.257 e. The van der Waals surface area contributed by atoms with Gasteiger partial charge < -0.3 is 15.1 Å². The fraction of sp³-hybridized carbons (Fsp3) is 0.364. The number of aryl methyl sites for hydroxylation is 2. The highest BCUT2D eigenvalue weighted by Crippen LogP contribution is 2.19. The Labute approximate surface area is 172 Å². The topological polar surface area (TPSA) is 47.6 Å². The monoisotopic (exact) mass is 396 g/mol.